The normalized spacial score (nSPS) is 41.8. The molecule has 1 rings (SSSR count). The highest BCUT2D eigenvalue weighted by molar-refractivity contribution is 5.74. The lowest BCUT2D eigenvalue weighted by Gasteiger charge is -2.22. The van der Waals surface area contributed by atoms with E-state index in [0.29, 0.717) is 0 Å². The van der Waals surface area contributed by atoms with Gasteiger partial charge in [0.1, 0.15) is 6.04 Å². The number of aliphatic hydroxyl groups is 1. The third-order valence-electron chi connectivity index (χ3n) is 2.98. The van der Waals surface area contributed by atoms with Crippen molar-refractivity contribution >= 4 is 5.97 Å². The molecule has 0 amide bonds. The number of carboxylic acid groups (broad SMARTS) is 1. The maximum Gasteiger partial charge on any atom is 0.320 e. The van der Waals surface area contributed by atoms with Crippen molar-refractivity contribution in [3.63, 3.8) is 0 Å². The van der Waals surface area contributed by atoms with E-state index in [-0.39, 0.29) is 17.9 Å². The fourth-order valence-electron chi connectivity index (χ4n) is 2.38. The highest BCUT2D eigenvalue weighted by Gasteiger charge is 2.43. The molecule has 0 radical (unpaired) electrons. The Bertz CT molecular complexity index is 205. The predicted molar refractivity (Wildman–Crippen MR) is 48.4 cm³/mol. The van der Waals surface area contributed by atoms with Crippen molar-refractivity contribution in [2.24, 2.45) is 11.8 Å². The molecule has 0 bridgehead atoms. The summed E-state index contributed by atoms with van der Waals surface area (Å²) in [6.45, 7) is 5.49. The van der Waals surface area contributed by atoms with Crippen molar-refractivity contribution in [2.45, 2.75) is 39.0 Å². The number of aliphatic carboxylic acids is 1. The monoisotopic (exact) mass is 187 g/mol. The van der Waals surface area contributed by atoms with Crippen LogP contribution in [0.2, 0.25) is 0 Å². The van der Waals surface area contributed by atoms with E-state index in [9.17, 15) is 9.90 Å². The molecule has 13 heavy (non-hydrogen) atoms. The summed E-state index contributed by atoms with van der Waals surface area (Å²) in [7, 11) is 0. The van der Waals surface area contributed by atoms with Gasteiger partial charge in [-0.3, -0.25) is 4.79 Å². The molecular formula is C9H17NO3. The van der Waals surface area contributed by atoms with Crippen molar-refractivity contribution in [3.8, 4) is 0 Å². The number of carboxylic acids is 1. The number of rotatable bonds is 2. The van der Waals surface area contributed by atoms with Gasteiger partial charge in [-0.15, -0.1) is 0 Å². The van der Waals surface area contributed by atoms with Crippen LogP contribution in [0.5, 0.6) is 0 Å². The first-order chi connectivity index (χ1) is 5.95. The molecule has 3 N–H and O–H groups in total. The van der Waals surface area contributed by atoms with Gasteiger partial charge in [0.05, 0.1) is 6.10 Å². The number of hydrogen-bond acceptors (Lipinski definition) is 3. The maximum atomic E-state index is 10.8. The number of aliphatic hydroxyl groups excluding tert-OH is 1. The topological polar surface area (TPSA) is 69.6 Å². The summed E-state index contributed by atoms with van der Waals surface area (Å²) >= 11 is 0. The Balaban J connectivity index is 2.75. The molecule has 1 aliphatic heterocycles. The first-order valence-corrected chi connectivity index (χ1v) is 4.62. The molecule has 0 aromatic rings. The molecule has 76 valence electrons. The Kier molecular flexibility index (Phi) is 2.93. The van der Waals surface area contributed by atoms with Gasteiger partial charge < -0.3 is 15.5 Å². The third kappa shape index (κ3) is 1.84. The van der Waals surface area contributed by atoms with Crippen LogP contribution in [0.15, 0.2) is 0 Å². The van der Waals surface area contributed by atoms with Crippen LogP contribution in [0.25, 0.3) is 0 Å². The number of carbonyl (C=O) groups is 1. The van der Waals surface area contributed by atoms with Crippen LogP contribution in [0.4, 0.5) is 0 Å². The first kappa shape index (κ1) is 10.5. The Morgan fingerprint density at radius 1 is 1.46 bits per heavy atom. The average molecular weight is 187 g/mol. The van der Waals surface area contributed by atoms with Gasteiger partial charge in [0, 0.05) is 12.0 Å². The van der Waals surface area contributed by atoms with E-state index in [0.717, 1.165) is 0 Å². The van der Waals surface area contributed by atoms with Gasteiger partial charge in [-0.25, -0.2) is 0 Å². The number of nitrogens with one attached hydrogen (secondary N) is 1. The molecular weight excluding hydrogens is 170 g/mol. The van der Waals surface area contributed by atoms with Crippen LogP contribution < -0.4 is 5.32 Å². The molecule has 0 unspecified atom stereocenters. The molecule has 0 aromatic heterocycles. The zero-order valence-corrected chi connectivity index (χ0v) is 8.19. The predicted octanol–water partition coefficient (Wildman–Crippen LogP) is 0.0644. The van der Waals surface area contributed by atoms with E-state index < -0.39 is 18.1 Å². The lowest BCUT2D eigenvalue weighted by molar-refractivity contribution is -0.140. The smallest absolute Gasteiger partial charge is 0.320 e. The molecule has 1 fully saturated rings. The maximum absolute atomic E-state index is 10.8. The van der Waals surface area contributed by atoms with Crippen molar-refractivity contribution in [3.05, 3.63) is 0 Å². The Hall–Kier alpha value is -0.610. The zero-order valence-electron chi connectivity index (χ0n) is 8.19. The lowest BCUT2D eigenvalue weighted by Crippen LogP contribution is -2.36. The summed E-state index contributed by atoms with van der Waals surface area (Å²) in [5.41, 5.74) is 0. The molecule has 1 heterocycles. The molecule has 4 heteroatoms. The van der Waals surface area contributed by atoms with Gasteiger partial charge in [-0.2, -0.15) is 0 Å². The zero-order chi connectivity index (χ0) is 10.2. The van der Waals surface area contributed by atoms with Crippen molar-refractivity contribution in [2.75, 3.05) is 0 Å². The Morgan fingerprint density at radius 3 is 2.23 bits per heavy atom. The summed E-state index contributed by atoms with van der Waals surface area (Å²) in [4.78, 5) is 10.8. The van der Waals surface area contributed by atoms with E-state index in [1.54, 1.807) is 6.92 Å². The largest absolute Gasteiger partial charge is 0.480 e. The third-order valence-corrected chi connectivity index (χ3v) is 2.98. The van der Waals surface area contributed by atoms with Crippen molar-refractivity contribution < 1.29 is 15.0 Å². The summed E-state index contributed by atoms with van der Waals surface area (Å²) in [6, 6.07) is -0.453. The Labute approximate surface area is 78.0 Å². The van der Waals surface area contributed by atoms with Crippen LogP contribution in [-0.4, -0.2) is 34.4 Å². The second-order valence-electron chi connectivity index (χ2n) is 3.95. The van der Waals surface area contributed by atoms with Gasteiger partial charge in [-0.05, 0) is 19.8 Å². The van der Waals surface area contributed by atoms with Crippen LogP contribution >= 0.6 is 0 Å². The van der Waals surface area contributed by atoms with Gasteiger partial charge in [0.25, 0.3) is 0 Å². The fraction of sp³-hybridized carbons (Fsp3) is 0.889. The highest BCUT2D eigenvalue weighted by Crippen LogP contribution is 2.29. The van der Waals surface area contributed by atoms with E-state index in [1.807, 2.05) is 13.8 Å². The van der Waals surface area contributed by atoms with Crippen molar-refractivity contribution in [1.29, 1.82) is 0 Å². The van der Waals surface area contributed by atoms with E-state index >= 15 is 0 Å². The van der Waals surface area contributed by atoms with Gasteiger partial charge in [-0.1, -0.05) is 6.92 Å². The summed E-state index contributed by atoms with van der Waals surface area (Å²) < 4.78 is 0. The first-order valence-electron chi connectivity index (χ1n) is 4.62. The van der Waals surface area contributed by atoms with Gasteiger partial charge in [0.2, 0.25) is 0 Å². The average Bonchev–Trinajstić information content (AvgIpc) is 2.26. The molecule has 1 saturated heterocycles. The van der Waals surface area contributed by atoms with Gasteiger partial charge in [0.15, 0.2) is 0 Å². The van der Waals surface area contributed by atoms with Crippen LogP contribution in [0.3, 0.4) is 0 Å². The second kappa shape index (κ2) is 3.64. The molecule has 4 nitrogen and oxygen atoms in total. The minimum Gasteiger partial charge on any atom is -0.480 e. The molecule has 0 saturated carbocycles. The summed E-state index contributed by atoms with van der Waals surface area (Å²) in [5.74, 6) is -0.823. The molecule has 0 spiro atoms. The second-order valence-corrected chi connectivity index (χ2v) is 3.95. The molecule has 0 aliphatic carbocycles. The Morgan fingerprint density at radius 2 is 2.00 bits per heavy atom. The minimum absolute atomic E-state index is 0.0208. The quantitative estimate of drug-likeness (QED) is 0.572. The summed E-state index contributed by atoms with van der Waals surface area (Å²) in [5, 5.41) is 21.3. The van der Waals surface area contributed by atoms with Gasteiger partial charge >= 0.3 is 5.97 Å². The van der Waals surface area contributed by atoms with Crippen LogP contribution in [-0.2, 0) is 4.79 Å². The number of hydrogen-bond donors (Lipinski definition) is 3. The van der Waals surface area contributed by atoms with E-state index in [4.69, 9.17) is 5.11 Å². The van der Waals surface area contributed by atoms with E-state index in [1.165, 1.54) is 0 Å². The molecule has 5 atom stereocenters. The van der Waals surface area contributed by atoms with Crippen molar-refractivity contribution in [1.82, 2.24) is 5.32 Å². The minimum atomic E-state index is -0.831. The van der Waals surface area contributed by atoms with Crippen LogP contribution in [0.1, 0.15) is 20.8 Å². The van der Waals surface area contributed by atoms with Crippen LogP contribution in [0, 0.1) is 11.8 Å². The summed E-state index contributed by atoms with van der Waals surface area (Å²) in [6.07, 6.45) is -0.457. The molecule has 1 aliphatic rings. The fourth-order valence-corrected chi connectivity index (χ4v) is 2.38. The lowest BCUT2D eigenvalue weighted by atomic mass is 9.85. The molecule has 0 aromatic carbocycles. The SMILES string of the molecule is C[C@@H]1[C@@H]([C@@H](C)O)[C@@H](C)N[C@H]1C(=O)O. The standard InChI is InChI=1S/C9H17NO3/c1-4-7(6(3)11)5(2)10-8(4)9(12)13/h4-8,10-11H,1-3H3,(H,12,13)/t4-,5-,6-,7-,8-/m1/s1. The highest BCUT2D eigenvalue weighted by atomic mass is 16.4. The van der Waals surface area contributed by atoms with E-state index in [2.05, 4.69) is 5.32 Å².